The maximum atomic E-state index is 13.7. The first-order chi connectivity index (χ1) is 18.0. The second-order valence-electron chi connectivity index (χ2n) is 10.3. The third kappa shape index (κ3) is 5.44. The van der Waals surface area contributed by atoms with E-state index in [4.69, 9.17) is 14.2 Å². The fraction of sp³-hybridized carbons (Fsp3) is 0.517. The molecule has 0 N–H and O–H groups in total. The highest BCUT2D eigenvalue weighted by molar-refractivity contribution is 5.81. The van der Waals surface area contributed by atoms with Gasteiger partial charge in [0.25, 0.3) is 0 Å². The average Bonchev–Trinajstić information content (AvgIpc) is 2.93. The molecule has 0 radical (unpaired) electrons. The van der Waals surface area contributed by atoms with Crippen molar-refractivity contribution < 1.29 is 28.2 Å². The van der Waals surface area contributed by atoms with Crippen molar-refractivity contribution in [2.24, 2.45) is 11.8 Å². The van der Waals surface area contributed by atoms with Crippen LogP contribution in [0.25, 0.3) is 0 Å². The summed E-state index contributed by atoms with van der Waals surface area (Å²) in [6.07, 6.45) is 3.05. The van der Waals surface area contributed by atoms with E-state index in [1.54, 1.807) is 14.2 Å². The van der Waals surface area contributed by atoms with Crippen LogP contribution in [0.3, 0.4) is 0 Å². The highest BCUT2D eigenvalue weighted by atomic mass is 19.1. The van der Waals surface area contributed by atoms with E-state index in [0.717, 1.165) is 30.4 Å². The Labute approximate surface area is 217 Å². The Morgan fingerprint density at radius 1 is 0.946 bits per heavy atom. The van der Waals surface area contributed by atoms with Crippen molar-refractivity contribution in [1.82, 2.24) is 9.80 Å². The summed E-state index contributed by atoms with van der Waals surface area (Å²) in [5.41, 5.74) is 2.13. The first-order valence-corrected chi connectivity index (χ1v) is 13.1. The van der Waals surface area contributed by atoms with Gasteiger partial charge in [0.05, 0.1) is 20.3 Å². The van der Waals surface area contributed by atoms with E-state index in [2.05, 4.69) is 0 Å². The number of amides is 2. The molecule has 3 aliphatic rings. The van der Waals surface area contributed by atoms with Crippen molar-refractivity contribution >= 4 is 11.8 Å². The Hall–Kier alpha value is -3.13. The van der Waals surface area contributed by atoms with Gasteiger partial charge in [0, 0.05) is 44.4 Å². The summed E-state index contributed by atoms with van der Waals surface area (Å²) < 4.78 is 30.4. The molecule has 0 unspecified atom stereocenters. The fourth-order valence-electron chi connectivity index (χ4n) is 6.23. The van der Waals surface area contributed by atoms with Gasteiger partial charge < -0.3 is 24.0 Å². The van der Waals surface area contributed by atoms with Gasteiger partial charge in [-0.25, -0.2) is 9.18 Å². The molecule has 0 spiro atoms. The van der Waals surface area contributed by atoms with Gasteiger partial charge in [-0.1, -0.05) is 18.2 Å². The highest BCUT2D eigenvalue weighted by Gasteiger charge is 2.39. The summed E-state index contributed by atoms with van der Waals surface area (Å²) in [5, 5.41) is 0. The van der Waals surface area contributed by atoms with Crippen molar-refractivity contribution in [2.75, 3.05) is 47.0 Å². The number of methoxy groups -OCH3 is 2. The maximum absolute atomic E-state index is 13.7. The van der Waals surface area contributed by atoms with Gasteiger partial charge in [0.1, 0.15) is 12.4 Å². The summed E-state index contributed by atoms with van der Waals surface area (Å²) in [4.78, 5) is 29.1. The van der Waals surface area contributed by atoms with Crippen LogP contribution in [0.4, 0.5) is 9.18 Å². The molecule has 3 atom stereocenters. The Morgan fingerprint density at radius 2 is 1.62 bits per heavy atom. The number of halogens is 1. The van der Waals surface area contributed by atoms with Crippen molar-refractivity contribution in [3.8, 4) is 11.5 Å². The quantitative estimate of drug-likeness (QED) is 0.593. The van der Waals surface area contributed by atoms with Crippen molar-refractivity contribution in [3.63, 3.8) is 0 Å². The molecule has 3 fully saturated rings. The van der Waals surface area contributed by atoms with Crippen LogP contribution < -0.4 is 9.47 Å². The summed E-state index contributed by atoms with van der Waals surface area (Å²) in [6.45, 7) is 2.78. The van der Waals surface area contributed by atoms with Gasteiger partial charge in [-0.2, -0.15) is 0 Å². The number of carbonyl (C=O) groups is 2. The Bertz CT molecular complexity index is 1120. The topological polar surface area (TPSA) is 68.3 Å². The second-order valence-corrected chi connectivity index (χ2v) is 10.3. The lowest BCUT2D eigenvalue weighted by Crippen LogP contribution is -2.54. The molecule has 0 aliphatic carbocycles. The molecule has 198 valence electrons. The van der Waals surface area contributed by atoms with E-state index >= 15 is 0 Å². The highest BCUT2D eigenvalue weighted by Crippen LogP contribution is 2.41. The number of benzene rings is 2. The van der Waals surface area contributed by atoms with Gasteiger partial charge >= 0.3 is 6.03 Å². The third-order valence-electron chi connectivity index (χ3n) is 8.16. The zero-order chi connectivity index (χ0) is 25.9. The van der Waals surface area contributed by atoms with E-state index in [0.29, 0.717) is 44.1 Å². The van der Waals surface area contributed by atoms with Gasteiger partial charge in [0.15, 0.2) is 17.3 Å². The number of rotatable bonds is 5. The van der Waals surface area contributed by atoms with Crippen molar-refractivity contribution in [2.45, 2.75) is 37.7 Å². The molecule has 2 amide bonds. The predicted octanol–water partition coefficient (Wildman–Crippen LogP) is 4.49. The molecule has 3 heterocycles. The molecule has 0 aromatic heterocycles. The number of carbonyl (C=O) groups excluding carboxylic acids is 2. The van der Waals surface area contributed by atoms with Crippen LogP contribution in [-0.2, 0) is 9.53 Å². The van der Waals surface area contributed by atoms with Crippen LogP contribution in [0.2, 0.25) is 0 Å². The van der Waals surface area contributed by atoms with E-state index in [1.165, 1.54) is 12.1 Å². The van der Waals surface area contributed by atoms with Gasteiger partial charge in [-0.15, -0.1) is 0 Å². The standard InChI is InChI=1S/C29H35FN2O5/c1-35-26-8-5-21(16-27(26)36-2)28(19-3-6-23(30)7-4-19)20-9-12-31(13-10-20)29(34)32-14-11-25-22(17-32)15-24(33)18-37-25/h3-8,16,20,22,25,28H,9-15,17-18H2,1-2H3/t22-,25+,28-/m1/s1. The molecule has 8 heteroatoms. The molecule has 2 aromatic rings. The van der Waals surface area contributed by atoms with E-state index in [9.17, 15) is 14.0 Å². The molecular weight excluding hydrogens is 475 g/mol. The third-order valence-corrected chi connectivity index (χ3v) is 8.16. The number of piperidine rings is 2. The van der Waals surface area contributed by atoms with Gasteiger partial charge in [0.2, 0.25) is 0 Å². The SMILES string of the molecule is COc1ccc([C@H](c2ccc(F)cc2)C2CCN(C(=O)N3CC[C@@H]4OCC(=O)C[C@@H]4C3)CC2)cc1OC. The lowest BCUT2D eigenvalue weighted by molar-refractivity contribution is -0.140. The van der Waals surface area contributed by atoms with Crippen LogP contribution in [0.1, 0.15) is 42.7 Å². The zero-order valence-corrected chi connectivity index (χ0v) is 21.5. The fourth-order valence-corrected chi connectivity index (χ4v) is 6.23. The lowest BCUT2D eigenvalue weighted by atomic mass is 9.76. The Balaban J connectivity index is 1.30. The van der Waals surface area contributed by atoms with Crippen LogP contribution in [0.5, 0.6) is 11.5 Å². The summed E-state index contributed by atoms with van der Waals surface area (Å²) >= 11 is 0. The van der Waals surface area contributed by atoms with Crippen LogP contribution >= 0.6 is 0 Å². The van der Waals surface area contributed by atoms with Crippen LogP contribution in [0, 0.1) is 17.7 Å². The number of ketones is 1. The molecule has 0 saturated carbocycles. The predicted molar refractivity (Wildman–Crippen MR) is 137 cm³/mol. The summed E-state index contributed by atoms with van der Waals surface area (Å²) in [7, 11) is 3.24. The number of nitrogens with zero attached hydrogens (tertiary/aromatic N) is 2. The first kappa shape index (κ1) is 25.5. The Morgan fingerprint density at radius 3 is 2.32 bits per heavy atom. The van der Waals surface area contributed by atoms with E-state index in [-0.39, 0.29) is 48.1 Å². The number of fused-ring (bicyclic) bond motifs is 1. The first-order valence-electron chi connectivity index (χ1n) is 13.1. The number of likely N-dealkylation sites (tertiary alicyclic amines) is 2. The number of ether oxygens (including phenoxy) is 3. The lowest BCUT2D eigenvalue weighted by Gasteiger charge is -2.43. The normalized spacial score (nSPS) is 23.4. The van der Waals surface area contributed by atoms with Crippen molar-refractivity contribution in [1.29, 1.82) is 0 Å². The minimum atomic E-state index is -0.260. The molecule has 5 rings (SSSR count). The second kappa shape index (κ2) is 11.1. The van der Waals surface area contributed by atoms with Gasteiger partial charge in [-0.3, -0.25) is 4.79 Å². The van der Waals surface area contributed by atoms with Crippen LogP contribution in [-0.4, -0.2) is 74.7 Å². The van der Waals surface area contributed by atoms with Crippen LogP contribution in [0.15, 0.2) is 42.5 Å². The number of Topliss-reactive ketones (excluding diaryl/α,β-unsaturated/α-hetero) is 1. The molecular formula is C29H35FN2O5. The number of hydrogen-bond acceptors (Lipinski definition) is 5. The largest absolute Gasteiger partial charge is 0.493 e. The average molecular weight is 511 g/mol. The molecule has 2 aromatic carbocycles. The maximum Gasteiger partial charge on any atom is 0.320 e. The van der Waals surface area contributed by atoms with Crippen molar-refractivity contribution in [3.05, 3.63) is 59.4 Å². The molecule has 7 nitrogen and oxygen atoms in total. The number of hydrogen-bond donors (Lipinski definition) is 0. The monoisotopic (exact) mass is 510 g/mol. The molecule has 3 saturated heterocycles. The number of urea groups is 1. The minimum absolute atomic E-state index is 0.0406. The zero-order valence-electron chi connectivity index (χ0n) is 21.5. The van der Waals surface area contributed by atoms with E-state index < -0.39 is 0 Å². The van der Waals surface area contributed by atoms with Gasteiger partial charge in [-0.05, 0) is 60.6 Å². The molecule has 0 bridgehead atoms. The summed E-state index contributed by atoms with van der Waals surface area (Å²) in [5.74, 6) is 1.61. The smallest absolute Gasteiger partial charge is 0.320 e. The molecule has 37 heavy (non-hydrogen) atoms. The molecule has 3 aliphatic heterocycles. The summed E-state index contributed by atoms with van der Waals surface area (Å²) in [6, 6.07) is 12.7. The van der Waals surface area contributed by atoms with E-state index in [1.807, 2.05) is 40.1 Å². The minimum Gasteiger partial charge on any atom is -0.493 e. The Kier molecular flexibility index (Phi) is 7.65.